The Morgan fingerprint density at radius 1 is 1.30 bits per heavy atom. The van der Waals surface area contributed by atoms with Gasteiger partial charge >= 0.3 is 6.18 Å². The van der Waals surface area contributed by atoms with E-state index in [4.69, 9.17) is 14.9 Å². The number of nitrogens with two attached hydrogens (primary N) is 1. The van der Waals surface area contributed by atoms with E-state index in [-0.39, 0.29) is 28.6 Å². The lowest BCUT2D eigenvalue weighted by Gasteiger charge is -2.19. The van der Waals surface area contributed by atoms with Crippen LogP contribution in [0.4, 0.5) is 13.2 Å². The Morgan fingerprint density at radius 2 is 2.06 bits per heavy atom. The molecular weight excluding hydrogens is 441 g/mol. The average molecular weight is 462 g/mol. The Morgan fingerprint density at radius 3 is 2.70 bits per heavy atom. The standard InChI is InChI=1S/C22H21F3N4O4/c1-11(26)19-18(21(31)29-9-3-4-12(29)10-30)28-20(33-19)14-5-7-15(32-2)17-13(14)6-8-16(27-17)22(23,24)25/h5-8,10-12H,3-4,9,26H2,1-2H3/t11-,12-/m0/s1. The van der Waals surface area contributed by atoms with Crippen LogP contribution in [0.2, 0.25) is 0 Å². The van der Waals surface area contributed by atoms with Gasteiger partial charge in [-0.25, -0.2) is 9.97 Å². The van der Waals surface area contributed by atoms with Crippen LogP contribution in [0.3, 0.4) is 0 Å². The number of aromatic nitrogens is 2. The van der Waals surface area contributed by atoms with Gasteiger partial charge in [0.2, 0.25) is 5.89 Å². The first-order valence-corrected chi connectivity index (χ1v) is 10.2. The van der Waals surface area contributed by atoms with Gasteiger partial charge < -0.3 is 24.6 Å². The van der Waals surface area contributed by atoms with Crippen molar-refractivity contribution in [2.45, 2.75) is 38.0 Å². The average Bonchev–Trinajstić information content (AvgIpc) is 3.44. The lowest BCUT2D eigenvalue weighted by molar-refractivity contribution is -0.141. The number of ether oxygens (including phenoxy) is 1. The van der Waals surface area contributed by atoms with Crippen LogP contribution in [0, 0.1) is 0 Å². The van der Waals surface area contributed by atoms with Crippen LogP contribution >= 0.6 is 0 Å². The molecule has 0 radical (unpaired) electrons. The van der Waals surface area contributed by atoms with Crippen molar-refractivity contribution in [3.8, 4) is 17.2 Å². The summed E-state index contributed by atoms with van der Waals surface area (Å²) in [6, 6.07) is 3.87. The number of amides is 1. The predicted octanol–water partition coefficient (Wildman–Crippen LogP) is 3.74. The summed E-state index contributed by atoms with van der Waals surface area (Å²) in [5.74, 6) is -0.222. The molecule has 1 saturated heterocycles. The van der Waals surface area contributed by atoms with Crippen molar-refractivity contribution in [3.63, 3.8) is 0 Å². The normalized spacial score (nSPS) is 17.4. The number of carbonyl (C=O) groups is 2. The second-order valence-electron chi connectivity index (χ2n) is 7.77. The molecule has 0 aliphatic carbocycles. The molecule has 2 N–H and O–H groups in total. The highest BCUT2D eigenvalue weighted by Crippen LogP contribution is 2.37. The third kappa shape index (κ3) is 4.04. The van der Waals surface area contributed by atoms with E-state index >= 15 is 0 Å². The first-order valence-electron chi connectivity index (χ1n) is 10.2. The van der Waals surface area contributed by atoms with E-state index in [1.54, 1.807) is 13.0 Å². The largest absolute Gasteiger partial charge is 0.494 e. The number of hydrogen-bond acceptors (Lipinski definition) is 7. The molecule has 2 atom stereocenters. The third-order valence-corrected chi connectivity index (χ3v) is 5.55. The van der Waals surface area contributed by atoms with Gasteiger partial charge in [-0.15, -0.1) is 0 Å². The Balaban J connectivity index is 1.86. The predicted molar refractivity (Wildman–Crippen MR) is 112 cm³/mol. The summed E-state index contributed by atoms with van der Waals surface area (Å²) >= 11 is 0. The highest BCUT2D eigenvalue weighted by atomic mass is 19.4. The van der Waals surface area contributed by atoms with E-state index in [1.807, 2.05) is 0 Å². The van der Waals surface area contributed by atoms with Gasteiger partial charge in [0.15, 0.2) is 11.5 Å². The van der Waals surface area contributed by atoms with E-state index in [0.717, 1.165) is 12.4 Å². The zero-order valence-corrected chi connectivity index (χ0v) is 17.8. The zero-order chi connectivity index (χ0) is 23.9. The molecule has 1 aliphatic rings. The Hall–Kier alpha value is -3.47. The highest BCUT2D eigenvalue weighted by Gasteiger charge is 2.35. The number of aldehydes is 1. The van der Waals surface area contributed by atoms with Crippen molar-refractivity contribution in [2.24, 2.45) is 5.73 Å². The number of oxazole rings is 1. The number of halogens is 3. The summed E-state index contributed by atoms with van der Waals surface area (Å²) in [7, 11) is 1.33. The van der Waals surface area contributed by atoms with Gasteiger partial charge in [0.1, 0.15) is 23.2 Å². The summed E-state index contributed by atoms with van der Waals surface area (Å²) in [5.41, 5.74) is 5.20. The van der Waals surface area contributed by atoms with Gasteiger partial charge in [0.05, 0.1) is 19.2 Å². The summed E-state index contributed by atoms with van der Waals surface area (Å²) < 4.78 is 50.6. The number of pyridine rings is 1. The van der Waals surface area contributed by atoms with Gasteiger partial charge in [-0.05, 0) is 44.0 Å². The maximum absolute atomic E-state index is 13.2. The summed E-state index contributed by atoms with van der Waals surface area (Å²) in [5, 5.41) is 0.297. The van der Waals surface area contributed by atoms with Crippen molar-refractivity contribution in [2.75, 3.05) is 13.7 Å². The zero-order valence-electron chi connectivity index (χ0n) is 17.8. The van der Waals surface area contributed by atoms with Crippen LogP contribution in [0.25, 0.3) is 22.4 Å². The van der Waals surface area contributed by atoms with E-state index in [9.17, 15) is 22.8 Å². The number of fused-ring (bicyclic) bond motifs is 1. The lowest BCUT2D eigenvalue weighted by atomic mass is 10.1. The summed E-state index contributed by atoms with van der Waals surface area (Å²) in [6.45, 7) is 2.02. The number of methoxy groups -OCH3 is 1. The first-order chi connectivity index (χ1) is 15.7. The third-order valence-electron chi connectivity index (χ3n) is 5.55. The molecule has 174 valence electrons. The fourth-order valence-electron chi connectivity index (χ4n) is 3.93. The molecule has 1 aliphatic heterocycles. The topological polar surface area (TPSA) is 112 Å². The summed E-state index contributed by atoms with van der Waals surface area (Å²) in [6.07, 6.45) is -2.67. The monoisotopic (exact) mass is 462 g/mol. The molecule has 11 heteroatoms. The Kier molecular flexibility index (Phi) is 5.83. The highest BCUT2D eigenvalue weighted by molar-refractivity contribution is 5.98. The fraction of sp³-hybridized carbons (Fsp3) is 0.364. The number of nitrogens with zero attached hydrogens (tertiary/aromatic N) is 3. The van der Waals surface area contributed by atoms with E-state index in [0.29, 0.717) is 30.3 Å². The maximum Gasteiger partial charge on any atom is 0.433 e. The van der Waals surface area contributed by atoms with Crippen LogP contribution in [0.5, 0.6) is 5.75 Å². The molecule has 33 heavy (non-hydrogen) atoms. The molecule has 1 aromatic carbocycles. The second-order valence-corrected chi connectivity index (χ2v) is 7.77. The first kappa shape index (κ1) is 22.7. The molecule has 3 heterocycles. The van der Waals surface area contributed by atoms with Crippen molar-refractivity contribution in [1.29, 1.82) is 0 Å². The van der Waals surface area contributed by atoms with E-state index in [1.165, 1.54) is 24.1 Å². The Bertz CT molecular complexity index is 1220. The number of likely N-dealkylation sites (tertiary alicyclic amines) is 1. The molecule has 4 rings (SSSR count). The van der Waals surface area contributed by atoms with Gasteiger partial charge in [-0.2, -0.15) is 13.2 Å². The minimum Gasteiger partial charge on any atom is -0.494 e. The molecule has 1 fully saturated rings. The molecule has 0 bridgehead atoms. The number of carbonyl (C=O) groups excluding carboxylic acids is 2. The van der Waals surface area contributed by atoms with Gasteiger partial charge in [0, 0.05) is 17.5 Å². The molecule has 3 aromatic rings. The van der Waals surface area contributed by atoms with Gasteiger partial charge in [-0.1, -0.05) is 0 Å². The number of alkyl halides is 3. The molecular formula is C22H21F3N4O4. The van der Waals surface area contributed by atoms with Crippen molar-refractivity contribution < 1.29 is 31.9 Å². The SMILES string of the molecule is COc1ccc(-c2nc(C(=O)N3CCC[C@H]3C=O)c([C@H](C)N)o2)c2ccc(C(F)(F)F)nc12. The van der Waals surface area contributed by atoms with Crippen LogP contribution in [0.15, 0.2) is 28.7 Å². The van der Waals surface area contributed by atoms with Crippen molar-refractivity contribution in [1.82, 2.24) is 14.9 Å². The van der Waals surface area contributed by atoms with Crippen molar-refractivity contribution in [3.05, 3.63) is 41.4 Å². The molecule has 0 spiro atoms. The fourth-order valence-corrected chi connectivity index (χ4v) is 3.93. The van der Waals surface area contributed by atoms with Gasteiger partial charge in [-0.3, -0.25) is 4.79 Å². The molecule has 0 unspecified atom stereocenters. The lowest BCUT2D eigenvalue weighted by Crippen LogP contribution is -2.37. The number of benzene rings is 1. The Labute approximate surface area is 186 Å². The van der Waals surface area contributed by atoms with Gasteiger partial charge in [0.25, 0.3) is 5.91 Å². The van der Waals surface area contributed by atoms with E-state index < -0.39 is 29.9 Å². The van der Waals surface area contributed by atoms with Crippen LogP contribution in [0.1, 0.15) is 47.7 Å². The molecule has 0 saturated carbocycles. The maximum atomic E-state index is 13.2. The number of hydrogen-bond donors (Lipinski definition) is 1. The molecule has 2 aromatic heterocycles. The smallest absolute Gasteiger partial charge is 0.433 e. The molecule has 1 amide bonds. The van der Waals surface area contributed by atoms with Crippen LogP contribution < -0.4 is 10.5 Å². The number of rotatable bonds is 5. The van der Waals surface area contributed by atoms with Crippen LogP contribution in [-0.2, 0) is 11.0 Å². The minimum atomic E-state index is -4.63. The summed E-state index contributed by atoms with van der Waals surface area (Å²) in [4.78, 5) is 34.0. The minimum absolute atomic E-state index is 0.00158. The van der Waals surface area contributed by atoms with E-state index in [2.05, 4.69) is 9.97 Å². The quantitative estimate of drug-likeness (QED) is 0.575. The van der Waals surface area contributed by atoms with Crippen LogP contribution in [-0.4, -0.2) is 46.8 Å². The molecule has 8 nitrogen and oxygen atoms in total. The van der Waals surface area contributed by atoms with Crippen molar-refractivity contribution >= 4 is 23.1 Å². The second kappa shape index (κ2) is 8.47.